The molecule has 0 atom stereocenters. The van der Waals surface area contributed by atoms with E-state index in [4.69, 9.17) is 0 Å². The minimum Gasteiger partial charge on any atom is -0.465 e. The number of fused-ring (bicyclic) bond motifs is 1. The molecule has 0 saturated carbocycles. The number of hydrogen-bond donors (Lipinski definition) is 0. The van der Waals surface area contributed by atoms with Crippen molar-refractivity contribution in [3.63, 3.8) is 0 Å². The van der Waals surface area contributed by atoms with Crippen LogP contribution in [-0.4, -0.2) is 22.9 Å². The van der Waals surface area contributed by atoms with Crippen molar-refractivity contribution in [2.45, 2.75) is 13.5 Å². The Morgan fingerprint density at radius 1 is 1.53 bits per heavy atom. The van der Waals surface area contributed by atoms with Gasteiger partial charge in [-0.15, -0.1) is 0 Å². The van der Waals surface area contributed by atoms with Gasteiger partial charge in [0.1, 0.15) is 0 Å². The van der Waals surface area contributed by atoms with E-state index < -0.39 is 0 Å². The number of rotatable bonds is 2. The highest BCUT2D eigenvalue weighted by molar-refractivity contribution is 5.94. The first kappa shape index (κ1) is 9.71. The van der Waals surface area contributed by atoms with Gasteiger partial charge in [0.15, 0.2) is 0 Å². The maximum Gasteiger partial charge on any atom is 0.337 e. The fourth-order valence-corrected chi connectivity index (χ4v) is 1.47. The van der Waals surface area contributed by atoms with Crippen LogP contribution >= 0.6 is 0 Å². The van der Waals surface area contributed by atoms with Crippen molar-refractivity contribution < 1.29 is 9.53 Å². The Kier molecular flexibility index (Phi) is 2.41. The SMILES string of the molecule is CCn1cc2ccc(C(=O)OC)cc2n1. The maximum absolute atomic E-state index is 11.3. The largest absolute Gasteiger partial charge is 0.465 e. The van der Waals surface area contributed by atoms with Crippen molar-refractivity contribution in [3.8, 4) is 0 Å². The second-order valence-corrected chi connectivity index (χ2v) is 3.25. The summed E-state index contributed by atoms with van der Waals surface area (Å²) in [6.07, 6.45) is 1.95. The lowest BCUT2D eigenvalue weighted by Gasteiger charge is -1.97. The molecule has 0 saturated heterocycles. The van der Waals surface area contributed by atoms with E-state index in [0.29, 0.717) is 5.56 Å². The Labute approximate surface area is 87.5 Å². The van der Waals surface area contributed by atoms with Crippen LogP contribution in [0.2, 0.25) is 0 Å². The van der Waals surface area contributed by atoms with Crippen LogP contribution in [0.3, 0.4) is 0 Å². The standard InChI is InChI=1S/C11H12N2O2/c1-3-13-7-9-5-4-8(11(14)15-2)6-10(9)12-13/h4-7H,3H2,1-2H3. The Morgan fingerprint density at radius 2 is 2.33 bits per heavy atom. The molecule has 78 valence electrons. The molecule has 4 nitrogen and oxygen atoms in total. The molecule has 0 spiro atoms. The molecule has 2 aromatic rings. The third-order valence-corrected chi connectivity index (χ3v) is 2.30. The molecule has 0 bridgehead atoms. The number of benzene rings is 1. The van der Waals surface area contributed by atoms with Crippen molar-refractivity contribution in [2.24, 2.45) is 0 Å². The summed E-state index contributed by atoms with van der Waals surface area (Å²) in [6, 6.07) is 5.36. The summed E-state index contributed by atoms with van der Waals surface area (Å²) >= 11 is 0. The van der Waals surface area contributed by atoms with Crippen molar-refractivity contribution in [1.29, 1.82) is 0 Å². The molecule has 0 fully saturated rings. The lowest BCUT2D eigenvalue weighted by molar-refractivity contribution is 0.0601. The number of ether oxygens (including phenoxy) is 1. The highest BCUT2D eigenvalue weighted by Crippen LogP contribution is 2.14. The number of carbonyl (C=O) groups excluding carboxylic acids is 1. The summed E-state index contributed by atoms with van der Waals surface area (Å²) in [4.78, 5) is 11.3. The van der Waals surface area contributed by atoms with E-state index in [9.17, 15) is 4.79 Å². The summed E-state index contributed by atoms with van der Waals surface area (Å²) in [7, 11) is 1.37. The van der Waals surface area contributed by atoms with Gasteiger partial charge >= 0.3 is 5.97 Å². The van der Waals surface area contributed by atoms with Crippen LogP contribution in [0.15, 0.2) is 24.4 Å². The first-order valence-electron chi connectivity index (χ1n) is 4.80. The van der Waals surface area contributed by atoms with Crippen LogP contribution in [0.1, 0.15) is 17.3 Å². The van der Waals surface area contributed by atoms with E-state index in [-0.39, 0.29) is 5.97 Å². The van der Waals surface area contributed by atoms with Gasteiger partial charge in [0.05, 0.1) is 18.2 Å². The minimum absolute atomic E-state index is 0.331. The molecule has 0 unspecified atom stereocenters. The lowest BCUT2D eigenvalue weighted by atomic mass is 10.2. The van der Waals surface area contributed by atoms with Gasteiger partial charge in [0, 0.05) is 18.1 Å². The van der Waals surface area contributed by atoms with Crippen molar-refractivity contribution >= 4 is 16.9 Å². The summed E-state index contributed by atoms with van der Waals surface area (Å²) < 4.78 is 6.48. The Bertz CT molecular complexity index is 502. The molecule has 0 amide bonds. The van der Waals surface area contributed by atoms with Crippen LogP contribution < -0.4 is 0 Å². The van der Waals surface area contributed by atoms with E-state index in [1.54, 1.807) is 12.1 Å². The molecular formula is C11H12N2O2. The highest BCUT2D eigenvalue weighted by Gasteiger charge is 2.07. The Hall–Kier alpha value is -1.84. The quantitative estimate of drug-likeness (QED) is 0.701. The fraction of sp³-hybridized carbons (Fsp3) is 0.273. The molecule has 15 heavy (non-hydrogen) atoms. The van der Waals surface area contributed by atoms with Gasteiger partial charge in [0.25, 0.3) is 0 Å². The molecular weight excluding hydrogens is 192 g/mol. The Balaban J connectivity index is 2.50. The number of nitrogens with zero attached hydrogens (tertiary/aromatic N) is 2. The number of methoxy groups -OCH3 is 1. The molecule has 1 aromatic carbocycles. The maximum atomic E-state index is 11.3. The predicted octanol–water partition coefficient (Wildman–Crippen LogP) is 1.84. The topological polar surface area (TPSA) is 44.1 Å². The van der Waals surface area contributed by atoms with Crippen LogP contribution in [0.4, 0.5) is 0 Å². The van der Waals surface area contributed by atoms with E-state index in [1.165, 1.54) is 7.11 Å². The number of hydrogen-bond acceptors (Lipinski definition) is 3. The average molecular weight is 204 g/mol. The highest BCUT2D eigenvalue weighted by atomic mass is 16.5. The van der Waals surface area contributed by atoms with E-state index >= 15 is 0 Å². The van der Waals surface area contributed by atoms with Gasteiger partial charge in [-0.3, -0.25) is 4.68 Å². The molecule has 0 N–H and O–H groups in total. The summed E-state index contributed by atoms with van der Waals surface area (Å²) in [5.41, 5.74) is 1.35. The van der Waals surface area contributed by atoms with E-state index in [1.807, 2.05) is 23.9 Å². The summed E-state index contributed by atoms with van der Waals surface area (Å²) in [5.74, 6) is -0.331. The van der Waals surface area contributed by atoms with Crippen LogP contribution in [-0.2, 0) is 11.3 Å². The first-order chi connectivity index (χ1) is 7.24. The smallest absolute Gasteiger partial charge is 0.337 e. The van der Waals surface area contributed by atoms with Crippen LogP contribution in [0.25, 0.3) is 10.9 Å². The zero-order chi connectivity index (χ0) is 10.8. The predicted molar refractivity (Wildman–Crippen MR) is 56.7 cm³/mol. The van der Waals surface area contributed by atoms with Gasteiger partial charge in [-0.05, 0) is 19.1 Å². The lowest BCUT2D eigenvalue weighted by Crippen LogP contribution is -2.00. The number of esters is 1. The van der Waals surface area contributed by atoms with Crippen molar-refractivity contribution in [1.82, 2.24) is 9.78 Å². The second kappa shape index (κ2) is 3.73. The number of carbonyl (C=O) groups is 1. The average Bonchev–Trinajstić information content (AvgIpc) is 2.69. The minimum atomic E-state index is -0.331. The Morgan fingerprint density at radius 3 is 3.00 bits per heavy atom. The third-order valence-electron chi connectivity index (χ3n) is 2.30. The van der Waals surface area contributed by atoms with Crippen molar-refractivity contribution in [3.05, 3.63) is 30.0 Å². The summed E-state index contributed by atoms with van der Waals surface area (Å²) in [5, 5.41) is 5.35. The van der Waals surface area contributed by atoms with Gasteiger partial charge < -0.3 is 4.74 Å². The van der Waals surface area contributed by atoms with Crippen LogP contribution in [0, 0.1) is 0 Å². The fourth-order valence-electron chi connectivity index (χ4n) is 1.47. The first-order valence-corrected chi connectivity index (χ1v) is 4.80. The monoisotopic (exact) mass is 204 g/mol. The number of aromatic nitrogens is 2. The molecule has 2 rings (SSSR count). The zero-order valence-corrected chi connectivity index (χ0v) is 8.73. The molecule has 0 aliphatic rings. The molecule has 0 aliphatic carbocycles. The molecule has 4 heteroatoms. The van der Waals surface area contributed by atoms with Gasteiger partial charge in [-0.1, -0.05) is 6.07 Å². The van der Waals surface area contributed by atoms with Gasteiger partial charge in [-0.2, -0.15) is 5.10 Å². The van der Waals surface area contributed by atoms with Gasteiger partial charge in [0.2, 0.25) is 0 Å². The van der Waals surface area contributed by atoms with E-state index in [0.717, 1.165) is 17.4 Å². The molecule has 0 aliphatic heterocycles. The molecule has 0 radical (unpaired) electrons. The van der Waals surface area contributed by atoms with Gasteiger partial charge in [-0.25, -0.2) is 4.79 Å². The van der Waals surface area contributed by atoms with E-state index in [2.05, 4.69) is 9.84 Å². The molecule has 1 heterocycles. The number of aryl methyl sites for hydroxylation is 1. The normalized spacial score (nSPS) is 10.5. The second-order valence-electron chi connectivity index (χ2n) is 3.25. The van der Waals surface area contributed by atoms with Crippen LogP contribution in [0.5, 0.6) is 0 Å². The third kappa shape index (κ3) is 1.70. The zero-order valence-electron chi connectivity index (χ0n) is 8.73. The van der Waals surface area contributed by atoms with Crippen molar-refractivity contribution in [2.75, 3.05) is 7.11 Å². The molecule has 1 aromatic heterocycles. The summed E-state index contributed by atoms with van der Waals surface area (Å²) in [6.45, 7) is 2.84.